The average Bonchev–Trinajstić information content (AvgIpc) is 2.51. The molecule has 1 unspecified atom stereocenters. The van der Waals surface area contributed by atoms with Crippen LogP contribution in [0.5, 0.6) is 11.5 Å². The molecule has 22 heavy (non-hydrogen) atoms. The lowest BCUT2D eigenvalue weighted by atomic mass is 10.2. The monoisotopic (exact) mass is 307 g/mol. The first-order chi connectivity index (χ1) is 10.5. The van der Waals surface area contributed by atoms with Crippen LogP contribution in [0.2, 0.25) is 0 Å². The van der Waals surface area contributed by atoms with Gasteiger partial charge in [0.25, 0.3) is 5.91 Å². The van der Waals surface area contributed by atoms with Crippen LogP contribution in [0.1, 0.15) is 6.92 Å². The highest BCUT2D eigenvalue weighted by molar-refractivity contribution is 5.94. The van der Waals surface area contributed by atoms with Crippen molar-refractivity contribution in [1.29, 1.82) is 0 Å². The van der Waals surface area contributed by atoms with Gasteiger partial charge in [-0.2, -0.15) is 0 Å². The van der Waals surface area contributed by atoms with E-state index in [1.54, 1.807) is 24.3 Å². The normalized spacial score (nSPS) is 11.6. The number of halogens is 2. The molecular weight excluding hydrogens is 292 g/mol. The topological polar surface area (TPSA) is 47.6 Å². The van der Waals surface area contributed by atoms with Gasteiger partial charge in [0.05, 0.1) is 7.11 Å². The predicted molar refractivity (Wildman–Crippen MR) is 78.1 cm³/mol. The molecule has 0 aliphatic rings. The molecule has 0 spiro atoms. The van der Waals surface area contributed by atoms with Gasteiger partial charge in [-0.15, -0.1) is 0 Å². The Balaban J connectivity index is 2.00. The first-order valence-electron chi connectivity index (χ1n) is 6.56. The maximum Gasteiger partial charge on any atom is 0.265 e. The van der Waals surface area contributed by atoms with Gasteiger partial charge in [-0.25, -0.2) is 8.78 Å². The van der Waals surface area contributed by atoms with Crippen LogP contribution in [-0.2, 0) is 4.79 Å². The Hall–Kier alpha value is -2.63. The van der Waals surface area contributed by atoms with E-state index in [4.69, 9.17) is 9.47 Å². The fourth-order valence-corrected chi connectivity index (χ4v) is 1.75. The highest BCUT2D eigenvalue weighted by atomic mass is 19.2. The Kier molecular flexibility index (Phi) is 4.93. The van der Waals surface area contributed by atoms with Crippen molar-refractivity contribution in [3.8, 4) is 11.5 Å². The molecule has 116 valence electrons. The lowest BCUT2D eigenvalue weighted by molar-refractivity contribution is -0.122. The highest BCUT2D eigenvalue weighted by Gasteiger charge is 2.16. The van der Waals surface area contributed by atoms with Crippen molar-refractivity contribution >= 4 is 11.6 Å². The summed E-state index contributed by atoms with van der Waals surface area (Å²) >= 11 is 0. The molecule has 0 saturated heterocycles. The zero-order chi connectivity index (χ0) is 16.1. The lowest BCUT2D eigenvalue weighted by Crippen LogP contribution is -2.30. The van der Waals surface area contributed by atoms with Crippen molar-refractivity contribution in [2.24, 2.45) is 0 Å². The van der Waals surface area contributed by atoms with Crippen molar-refractivity contribution in [2.45, 2.75) is 13.0 Å². The number of amides is 1. The Morgan fingerprint density at radius 3 is 2.55 bits per heavy atom. The van der Waals surface area contributed by atoms with Crippen molar-refractivity contribution in [1.82, 2.24) is 0 Å². The van der Waals surface area contributed by atoms with Crippen LogP contribution in [0, 0.1) is 11.6 Å². The zero-order valence-electron chi connectivity index (χ0n) is 12.1. The third-order valence-electron chi connectivity index (χ3n) is 2.91. The molecule has 0 aliphatic heterocycles. The molecule has 0 fully saturated rings. The second-order valence-corrected chi connectivity index (χ2v) is 4.56. The molecule has 0 heterocycles. The molecule has 2 aromatic carbocycles. The Labute approximate surface area is 126 Å². The van der Waals surface area contributed by atoms with Gasteiger partial charge < -0.3 is 14.8 Å². The Morgan fingerprint density at radius 2 is 1.86 bits per heavy atom. The number of carbonyl (C=O) groups excluding carboxylic acids is 1. The van der Waals surface area contributed by atoms with Crippen molar-refractivity contribution < 1.29 is 23.0 Å². The first kappa shape index (κ1) is 15.8. The van der Waals surface area contributed by atoms with E-state index in [1.165, 1.54) is 20.1 Å². The molecular formula is C16H15F2NO3. The van der Waals surface area contributed by atoms with E-state index in [1.807, 2.05) is 0 Å². The Bertz CT molecular complexity index is 676. The summed E-state index contributed by atoms with van der Waals surface area (Å²) in [6, 6.07) is 9.93. The molecule has 6 heteroatoms. The van der Waals surface area contributed by atoms with Gasteiger partial charge in [-0.05, 0) is 31.2 Å². The summed E-state index contributed by atoms with van der Waals surface area (Å²) in [7, 11) is 1.52. The number of nitrogens with one attached hydrogen (secondary N) is 1. The van der Waals surface area contributed by atoms with Crippen LogP contribution in [0.4, 0.5) is 14.5 Å². The van der Waals surface area contributed by atoms with Crippen molar-refractivity contribution in [3.05, 3.63) is 54.1 Å². The molecule has 0 saturated carbocycles. The standard InChI is InChI=1S/C16H15F2NO3/c1-10(22-13-6-7-14(17)15(18)9-13)16(20)19-11-4-3-5-12(8-11)21-2/h3-10H,1-2H3,(H,19,20). The maximum absolute atomic E-state index is 13.1. The van der Waals surface area contributed by atoms with Crippen LogP contribution in [0.3, 0.4) is 0 Å². The molecule has 1 N–H and O–H groups in total. The summed E-state index contributed by atoms with van der Waals surface area (Å²) < 4.78 is 36.3. The molecule has 0 radical (unpaired) electrons. The number of anilines is 1. The molecule has 0 bridgehead atoms. The second-order valence-electron chi connectivity index (χ2n) is 4.56. The molecule has 0 aliphatic carbocycles. The van der Waals surface area contributed by atoms with Gasteiger partial charge >= 0.3 is 0 Å². The minimum Gasteiger partial charge on any atom is -0.497 e. The van der Waals surface area contributed by atoms with Crippen molar-refractivity contribution in [3.63, 3.8) is 0 Å². The second kappa shape index (κ2) is 6.89. The lowest BCUT2D eigenvalue weighted by Gasteiger charge is -2.15. The number of ether oxygens (including phenoxy) is 2. The van der Waals surface area contributed by atoms with E-state index in [-0.39, 0.29) is 5.75 Å². The number of hydrogen-bond donors (Lipinski definition) is 1. The summed E-state index contributed by atoms with van der Waals surface area (Å²) in [6.45, 7) is 1.51. The van der Waals surface area contributed by atoms with Gasteiger partial charge in [-0.1, -0.05) is 6.07 Å². The van der Waals surface area contributed by atoms with Gasteiger partial charge in [-0.3, -0.25) is 4.79 Å². The van der Waals surface area contributed by atoms with E-state index in [0.29, 0.717) is 11.4 Å². The van der Waals surface area contributed by atoms with E-state index in [2.05, 4.69) is 5.32 Å². The van der Waals surface area contributed by atoms with Gasteiger partial charge in [0, 0.05) is 17.8 Å². The fourth-order valence-electron chi connectivity index (χ4n) is 1.75. The summed E-state index contributed by atoms with van der Waals surface area (Å²) in [4.78, 5) is 12.0. The SMILES string of the molecule is COc1cccc(NC(=O)C(C)Oc2ccc(F)c(F)c2)c1. The predicted octanol–water partition coefficient (Wildman–Crippen LogP) is 3.38. The first-order valence-corrected chi connectivity index (χ1v) is 6.56. The van der Waals surface area contributed by atoms with E-state index >= 15 is 0 Å². The number of rotatable bonds is 5. The molecule has 0 aromatic heterocycles. The van der Waals surface area contributed by atoms with Crippen molar-refractivity contribution in [2.75, 3.05) is 12.4 Å². The average molecular weight is 307 g/mol. The summed E-state index contributed by atoms with van der Waals surface area (Å²) in [5, 5.41) is 2.65. The van der Waals surface area contributed by atoms with Crippen LogP contribution in [0.25, 0.3) is 0 Å². The molecule has 4 nitrogen and oxygen atoms in total. The fraction of sp³-hybridized carbons (Fsp3) is 0.188. The zero-order valence-corrected chi connectivity index (χ0v) is 12.1. The van der Waals surface area contributed by atoms with Gasteiger partial charge in [0.2, 0.25) is 0 Å². The van der Waals surface area contributed by atoms with E-state index in [0.717, 1.165) is 12.1 Å². The Morgan fingerprint density at radius 1 is 1.09 bits per heavy atom. The van der Waals surface area contributed by atoms with E-state index in [9.17, 15) is 13.6 Å². The smallest absolute Gasteiger partial charge is 0.265 e. The van der Waals surface area contributed by atoms with Crippen LogP contribution >= 0.6 is 0 Å². The van der Waals surface area contributed by atoms with Crippen LogP contribution in [-0.4, -0.2) is 19.1 Å². The number of methoxy groups -OCH3 is 1. The summed E-state index contributed by atoms with van der Waals surface area (Å²) in [5.41, 5.74) is 0.546. The van der Waals surface area contributed by atoms with E-state index < -0.39 is 23.6 Å². The number of hydrogen-bond acceptors (Lipinski definition) is 3. The minimum absolute atomic E-state index is 0.0761. The molecule has 1 amide bonds. The summed E-state index contributed by atoms with van der Waals surface area (Å²) in [5.74, 6) is -1.74. The largest absolute Gasteiger partial charge is 0.497 e. The minimum atomic E-state index is -1.03. The van der Waals surface area contributed by atoms with Gasteiger partial charge in [0.1, 0.15) is 11.5 Å². The highest BCUT2D eigenvalue weighted by Crippen LogP contribution is 2.19. The molecule has 2 rings (SSSR count). The van der Waals surface area contributed by atoms with Gasteiger partial charge in [0.15, 0.2) is 17.7 Å². The molecule has 2 aromatic rings. The van der Waals surface area contributed by atoms with Crippen LogP contribution < -0.4 is 14.8 Å². The maximum atomic E-state index is 13.1. The quantitative estimate of drug-likeness (QED) is 0.921. The summed E-state index contributed by atoms with van der Waals surface area (Å²) in [6.07, 6.45) is -0.879. The number of carbonyl (C=O) groups is 1. The third kappa shape index (κ3) is 3.94. The number of benzene rings is 2. The molecule has 1 atom stereocenters. The van der Waals surface area contributed by atoms with Crippen LogP contribution in [0.15, 0.2) is 42.5 Å². The third-order valence-corrected chi connectivity index (χ3v) is 2.91.